The molecule has 0 saturated carbocycles. The molecule has 0 aliphatic carbocycles. The number of nitrogens with zero attached hydrogens (tertiary/aromatic N) is 1. The Hall–Kier alpha value is -0.860. The van der Waals surface area contributed by atoms with Crippen molar-refractivity contribution in [3.63, 3.8) is 0 Å². The Morgan fingerprint density at radius 2 is 2.18 bits per heavy atom. The van der Waals surface area contributed by atoms with Gasteiger partial charge >= 0.3 is 0 Å². The largest absolute Gasteiger partial charge is 0.288 e. The molecular formula is C8H15NO2. The molecule has 64 valence electrons. The van der Waals surface area contributed by atoms with Crippen molar-refractivity contribution in [3.05, 3.63) is 0 Å². The van der Waals surface area contributed by atoms with Crippen molar-refractivity contribution in [1.29, 1.82) is 0 Å². The van der Waals surface area contributed by atoms with Gasteiger partial charge in [0, 0.05) is 13.5 Å². The van der Waals surface area contributed by atoms with Crippen LogP contribution >= 0.6 is 0 Å². The predicted octanol–water partition coefficient (Wildman–Crippen LogP) is 1.04. The minimum Gasteiger partial charge on any atom is -0.288 e. The fourth-order valence-corrected chi connectivity index (χ4v) is 0.645. The summed E-state index contributed by atoms with van der Waals surface area (Å²) in [6, 6.07) is 0. The van der Waals surface area contributed by atoms with Gasteiger partial charge in [-0.1, -0.05) is 20.3 Å². The minimum atomic E-state index is -0.102. The highest BCUT2D eigenvalue weighted by Gasteiger charge is 2.10. The third-order valence-corrected chi connectivity index (χ3v) is 1.77. The monoisotopic (exact) mass is 157 g/mol. The molecule has 3 nitrogen and oxygen atoms in total. The maximum Gasteiger partial charge on any atom is 0.228 e. The molecule has 11 heavy (non-hydrogen) atoms. The lowest BCUT2D eigenvalue weighted by Gasteiger charge is -2.11. The first kappa shape index (κ1) is 10.1. The van der Waals surface area contributed by atoms with E-state index in [-0.39, 0.29) is 5.91 Å². The van der Waals surface area contributed by atoms with Crippen molar-refractivity contribution < 1.29 is 9.59 Å². The van der Waals surface area contributed by atoms with Crippen LogP contribution in [0.15, 0.2) is 0 Å². The summed E-state index contributed by atoms with van der Waals surface area (Å²) in [6.07, 6.45) is 1.98. The molecule has 0 rings (SSSR count). The van der Waals surface area contributed by atoms with Gasteiger partial charge in [0.2, 0.25) is 12.3 Å². The van der Waals surface area contributed by atoms with Crippen LogP contribution in [-0.2, 0) is 9.59 Å². The van der Waals surface area contributed by atoms with Crippen LogP contribution in [0, 0.1) is 5.92 Å². The smallest absolute Gasteiger partial charge is 0.228 e. The maximum absolute atomic E-state index is 11.0. The zero-order valence-electron chi connectivity index (χ0n) is 7.33. The van der Waals surface area contributed by atoms with Crippen LogP contribution in [0.3, 0.4) is 0 Å². The summed E-state index contributed by atoms with van der Waals surface area (Å²) in [5, 5.41) is 0. The van der Waals surface area contributed by atoms with E-state index >= 15 is 0 Å². The van der Waals surface area contributed by atoms with Crippen molar-refractivity contribution in [2.45, 2.75) is 26.7 Å². The number of imide groups is 1. The molecule has 0 aliphatic heterocycles. The van der Waals surface area contributed by atoms with E-state index < -0.39 is 0 Å². The molecule has 0 fully saturated rings. The summed E-state index contributed by atoms with van der Waals surface area (Å²) >= 11 is 0. The minimum absolute atomic E-state index is 0.102. The van der Waals surface area contributed by atoms with Gasteiger partial charge in [-0.15, -0.1) is 0 Å². The molecule has 0 heterocycles. The zero-order chi connectivity index (χ0) is 8.85. The van der Waals surface area contributed by atoms with Gasteiger partial charge in [0.25, 0.3) is 0 Å². The van der Waals surface area contributed by atoms with Gasteiger partial charge in [-0.3, -0.25) is 14.5 Å². The van der Waals surface area contributed by atoms with Crippen LogP contribution in [0.5, 0.6) is 0 Å². The molecule has 0 spiro atoms. The number of hydrogen-bond donors (Lipinski definition) is 0. The van der Waals surface area contributed by atoms with E-state index in [0.29, 0.717) is 18.7 Å². The summed E-state index contributed by atoms with van der Waals surface area (Å²) in [7, 11) is 1.48. The summed E-state index contributed by atoms with van der Waals surface area (Å²) in [6.45, 7) is 4.02. The Bertz CT molecular complexity index is 145. The summed E-state index contributed by atoms with van der Waals surface area (Å²) in [5.74, 6) is 0.263. The molecule has 1 unspecified atom stereocenters. The lowest BCUT2D eigenvalue weighted by atomic mass is 10.1. The van der Waals surface area contributed by atoms with Crippen molar-refractivity contribution >= 4 is 12.3 Å². The van der Waals surface area contributed by atoms with Crippen LogP contribution in [0.1, 0.15) is 26.7 Å². The summed E-state index contributed by atoms with van der Waals surface area (Å²) < 4.78 is 0. The molecule has 0 N–H and O–H groups in total. The maximum atomic E-state index is 11.0. The lowest BCUT2D eigenvalue weighted by molar-refractivity contribution is -0.137. The van der Waals surface area contributed by atoms with E-state index in [2.05, 4.69) is 0 Å². The van der Waals surface area contributed by atoms with E-state index in [9.17, 15) is 9.59 Å². The van der Waals surface area contributed by atoms with Gasteiger partial charge in [-0.25, -0.2) is 0 Å². The predicted molar refractivity (Wildman–Crippen MR) is 42.9 cm³/mol. The fourth-order valence-electron chi connectivity index (χ4n) is 0.645. The SMILES string of the molecule is CCC(C)CC(=O)N(C)C=O. The molecule has 0 bridgehead atoms. The summed E-state index contributed by atoms with van der Waals surface area (Å²) in [5.41, 5.74) is 0. The average molecular weight is 157 g/mol. The highest BCUT2D eigenvalue weighted by atomic mass is 16.2. The molecule has 0 aliphatic rings. The van der Waals surface area contributed by atoms with Crippen molar-refractivity contribution in [2.24, 2.45) is 5.92 Å². The molecule has 0 saturated heterocycles. The van der Waals surface area contributed by atoms with E-state index in [4.69, 9.17) is 0 Å². The molecule has 0 aromatic heterocycles. The molecule has 0 aromatic carbocycles. The lowest BCUT2D eigenvalue weighted by Crippen LogP contribution is -2.26. The fraction of sp³-hybridized carbons (Fsp3) is 0.750. The standard InChI is InChI=1S/C8H15NO2/c1-4-7(2)5-8(11)9(3)6-10/h6-7H,4-5H2,1-3H3. The van der Waals surface area contributed by atoms with E-state index in [1.165, 1.54) is 7.05 Å². The number of amides is 2. The number of hydrogen-bond acceptors (Lipinski definition) is 2. The van der Waals surface area contributed by atoms with Crippen LogP contribution in [0.2, 0.25) is 0 Å². The Kier molecular flexibility index (Phi) is 4.50. The van der Waals surface area contributed by atoms with E-state index in [0.717, 1.165) is 11.3 Å². The molecule has 3 heteroatoms. The van der Waals surface area contributed by atoms with Crippen molar-refractivity contribution in [2.75, 3.05) is 7.05 Å². The normalized spacial score (nSPS) is 12.3. The highest BCUT2D eigenvalue weighted by Crippen LogP contribution is 2.07. The molecular weight excluding hydrogens is 142 g/mol. The Balaban J connectivity index is 3.77. The van der Waals surface area contributed by atoms with Crippen molar-refractivity contribution in [3.8, 4) is 0 Å². The Morgan fingerprint density at radius 3 is 2.55 bits per heavy atom. The van der Waals surface area contributed by atoms with Gasteiger partial charge < -0.3 is 0 Å². The first-order chi connectivity index (χ1) is 5.11. The zero-order valence-corrected chi connectivity index (χ0v) is 7.33. The molecule has 2 amide bonds. The second-order valence-corrected chi connectivity index (χ2v) is 2.83. The molecule has 0 radical (unpaired) electrons. The molecule has 0 aromatic rings. The number of rotatable bonds is 4. The molecule has 1 atom stereocenters. The first-order valence-electron chi connectivity index (χ1n) is 3.82. The third-order valence-electron chi connectivity index (χ3n) is 1.77. The van der Waals surface area contributed by atoms with Crippen LogP contribution < -0.4 is 0 Å². The topological polar surface area (TPSA) is 37.4 Å². The third kappa shape index (κ3) is 3.75. The van der Waals surface area contributed by atoms with Gasteiger partial charge in [0.15, 0.2) is 0 Å². The second-order valence-electron chi connectivity index (χ2n) is 2.83. The van der Waals surface area contributed by atoms with E-state index in [1.54, 1.807) is 0 Å². The number of carbonyl (C=O) groups is 2. The van der Waals surface area contributed by atoms with Gasteiger partial charge in [0.1, 0.15) is 0 Å². The highest BCUT2D eigenvalue weighted by molar-refractivity contribution is 5.85. The second kappa shape index (κ2) is 4.88. The van der Waals surface area contributed by atoms with Gasteiger partial charge in [-0.2, -0.15) is 0 Å². The Labute approximate surface area is 67.4 Å². The quantitative estimate of drug-likeness (QED) is 0.572. The number of carbonyl (C=O) groups excluding carboxylic acids is 2. The van der Waals surface area contributed by atoms with Crippen LogP contribution in [-0.4, -0.2) is 24.3 Å². The van der Waals surface area contributed by atoms with Gasteiger partial charge in [0.05, 0.1) is 0 Å². The van der Waals surface area contributed by atoms with Gasteiger partial charge in [-0.05, 0) is 5.92 Å². The van der Waals surface area contributed by atoms with Crippen molar-refractivity contribution in [1.82, 2.24) is 4.90 Å². The summed E-state index contributed by atoms with van der Waals surface area (Å²) in [4.78, 5) is 22.2. The van der Waals surface area contributed by atoms with Crippen LogP contribution in [0.25, 0.3) is 0 Å². The first-order valence-corrected chi connectivity index (χ1v) is 3.82. The van der Waals surface area contributed by atoms with E-state index in [1.807, 2.05) is 13.8 Å². The average Bonchev–Trinajstić information content (AvgIpc) is 2.02. The Morgan fingerprint density at radius 1 is 1.64 bits per heavy atom. The van der Waals surface area contributed by atoms with Crippen LogP contribution in [0.4, 0.5) is 0 Å².